The smallest absolute Gasteiger partial charge is 0.306 e. The van der Waals surface area contributed by atoms with Gasteiger partial charge in [-0.05, 0) is 24.6 Å². The highest BCUT2D eigenvalue weighted by atomic mass is 79.9. The second-order valence-corrected chi connectivity index (χ2v) is 4.77. The lowest BCUT2D eigenvalue weighted by molar-refractivity contribution is -0.144. The number of carboxylic acids is 1. The molecule has 0 saturated heterocycles. The molecule has 0 spiro atoms. The Labute approximate surface area is 114 Å². The van der Waals surface area contributed by atoms with Crippen molar-refractivity contribution >= 4 is 27.9 Å². The van der Waals surface area contributed by atoms with E-state index in [1.165, 1.54) is 0 Å². The van der Waals surface area contributed by atoms with E-state index in [-0.39, 0.29) is 24.7 Å². The molecule has 0 aliphatic rings. The highest BCUT2D eigenvalue weighted by Gasteiger charge is 2.19. The van der Waals surface area contributed by atoms with Gasteiger partial charge in [0.2, 0.25) is 0 Å². The van der Waals surface area contributed by atoms with Gasteiger partial charge in [-0.15, -0.1) is 0 Å². The highest BCUT2D eigenvalue weighted by Crippen LogP contribution is 2.25. The Morgan fingerprint density at radius 2 is 1.89 bits per heavy atom. The lowest BCUT2D eigenvalue weighted by Crippen LogP contribution is -2.13. The molecule has 1 rings (SSSR count). The summed E-state index contributed by atoms with van der Waals surface area (Å²) >= 11 is 3.31. The summed E-state index contributed by atoms with van der Waals surface area (Å²) < 4.78 is 5.77. The molecule has 1 aromatic rings. The van der Waals surface area contributed by atoms with Crippen LogP contribution in [-0.4, -0.2) is 23.7 Å². The van der Waals surface area contributed by atoms with Gasteiger partial charge in [0.05, 0.1) is 19.4 Å². The van der Waals surface area contributed by atoms with E-state index in [0.29, 0.717) is 6.61 Å². The van der Waals surface area contributed by atoms with Gasteiger partial charge in [-0.25, -0.2) is 0 Å². The van der Waals surface area contributed by atoms with E-state index in [4.69, 9.17) is 9.84 Å². The number of carbonyl (C=O) groups excluding carboxylic acids is 1. The van der Waals surface area contributed by atoms with Crippen LogP contribution in [0.1, 0.15) is 31.2 Å². The molecule has 1 N–H and O–H groups in total. The van der Waals surface area contributed by atoms with E-state index in [0.717, 1.165) is 10.0 Å². The van der Waals surface area contributed by atoms with Crippen molar-refractivity contribution < 1.29 is 19.4 Å². The zero-order chi connectivity index (χ0) is 13.5. The molecule has 0 aliphatic carbocycles. The Morgan fingerprint density at radius 3 is 2.39 bits per heavy atom. The van der Waals surface area contributed by atoms with Gasteiger partial charge in [-0.2, -0.15) is 0 Å². The first kappa shape index (κ1) is 14.7. The molecule has 5 heteroatoms. The fourth-order valence-corrected chi connectivity index (χ4v) is 1.94. The van der Waals surface area contributed by atoms with E-state index in [1.807, 2.05) is 24.3 Å². The summed E-state index contributed by atoms with van der Waals surface area (Å²) in [6.45, 7) is 2.03. The van der Waals surface area contributed by atoms with Crippen LogP contribution in [0, 0.1) is 0 Å². The van der Waals surface area contributed by atoms with Crippen LogP contribution in [0.3, 0.4) is 0 Å². The molecule has 18 heavy (non-hydrogen) atoms. The molecule has 0 heterocycles. The molecule has 0 bridgehead atoms. The predicted octanol–water partition coefficient (Wildman–Crippen LogP) is 2.96. The van der Waals surface area contributed by atoms with Crippen LogP contribution in [0.4, 0.5) is 0 Å². The maximum absolute atomic E-state index is 11.5. The second kappa shape index (κ2) is 7.16. The highest BCUT2D eigenvalue weighted by molar-refractivity contribution is 9.10. The molecule has 0 amide bonds. The number of rotatable bonds is 6. The second-order valence-electron chi connectivity index (χ2n) is 3.86. The van der Waals surface area contributed by atoms with Crippen molar-refractivity contribution in [2.75, 3.05) is 6.61 Å². The van der Waals surface area contributed by atoms with Crippen molar-refractivity contribution in [1.82, 2.24) is 0 Å². The third-order valence-corrected chi connectivity index (χ3v) is 3.01. The lowest BCUT2D eigenvalue weighted by atomic mass is 9.93. The number of hydrogen-bond donors (Lipinski definition) is 1. The molecule has 0 fully saturated rings. The molecule has 1 aromatic carbocycles. The summed E-state index contributed by atoms with van der Waals surface area (Å²) in [5.74, 6) is -1.64. The largest absolute Gasteiger partial charge is 0.481 e. The Kier molecular flexibility index (Phi) is 5.85. The first-order valence-electron chi connectivity index (χ1n) is 5.65. The normalized spacial score (nSPS) is 11.9. The molecule has 4 nitrogen and oxygen atoms in total. The molecule has 98 valence electrons. The number of benzene rings is 1. The quantitative estimate of drug-likeness (QED) is 0.820. The van der Waals surface area contributed by atoms with E-state index < -0.39 is 5.97 Å². The molecule has 0 saturated carbocycles. The fourth-order valence-electron chi connectivity index (χ4n) is 1.67. The first-order valence-corrected chi connectivity index (χ1v) is 6.45. The molecule has 1 atom stereocenters. The van der Waals surface area contributed by atoms with Crippen molar-refractivity contribution in [3.05, 3.63) is 34.3 Å². The number of esters is 1. The van der Waals surface area contributed by atoms with Crippen LogP contribution in [0.15, 0.2) is 28.7 Å². The lowest BCUT2D eigenvalue weighted by Gasteiger charge is -2.14. The molecular formula is C13H15BrO4. The predicted molar refractivity (Wildman–Crippen MR) is 70.4 cm³/mol. The zero-order valence-corrected chi connectivity index (χ0v) is 11.6. The van der Waals surface area contributed by atoms with Crippen LogP contribution in [0.25, 0.3) is 0 Å². The average Bonchev–Trinajstić information content (AvgIpc) is 2.28. The molecular weight excluding hydrogens is 300 g/mol. The van der Waals surface area contributed by atoms with Crippen LogP contribution >= 0.6 is 15.9 Å². The molecule has 0 unspecified atom stereocenters. The maximum atomic E-state index is 11.5. The Balaban J connectivity index is 2.80. The molecule has 0 aliphatic heterocycles. The van der Waals surface area contributed by atoms with Crippen molar-refractivity contribution in [1.29, 1.82) is 0 Å². The van der Waals surface area contributed by atoms with Gasteiger partial charge in [-0.1, -0.05) is 28.1 Å². The van der Waals surface area contributed by atoms with Gasteiger partial charge in [0.15, 0.2) is 0 Å². The first-order chi connectivity index (χ1) is 8.52. The van der Waals surface area contributed by atoms with Gasteiger partial charge in [0, 0.05) is 10.4 Å². The van der Waals surface area contributed by atoms with Gasteiger partial charge in [0.1, 0.15) is 0 Å². The Bertz CT molecular complexity index is 414. The summed E-state index contributed by atoms with van der Waals surface area (Å²) in [4.78, 5) is 22.3. The SMILES string of the molecule is CCOC(=O)C[C@H](CC(=O)O)c1ccc(Br)cc1. The summed E-state index contributed by atoms with van der Waals surface area (Å²) in [5, 5.41) is 8.88. The van der Waals surface area contributed by atoms with E-state index in [2.05, 4.69) is 15.9 Å². The third kappa shape index (κ3) is 4.87. The molecule has 0 aromatic heterocycles. The third-order valence-electron chi connectivity index (χ3n) is 2.48. The van der Waals surface area contributed by atoms with Crippen LogP contribution in [-0.2, 0) is 14.3 Å². The van der Waals surface area contributed by atoms with Gasteiger partial charge >= 0.3 is 11.9 Å². The summed E-state index contributed by atoms with van der Waals surface area (Å²) in [6, 6.07) is 7.29. The van der Waals surface area contributed by atoms with Crippen molar-refractivity contribution in [2.45, 2.75) is 25.7 Å². The monoisotopic (exact) mass is 314 g/mol. The van der Waals surface area contributed by atoms with E-state index in [9.17, 15) is 9.59 Å². The van der Waals surface area contributed by atoms with Crippen LogP contribution < -0.4 is 0 Å². The van der Waals surface area contributed by atoms with Crippen molar-refractivity contribution in [2.24, 2.45) is 0 Å². The van der Waals surface area contributed by atoms with Crippen LogP contribution in [0.5, 0.6) is 0 Å². The Morgan fingerprint density at radius 1 is 1.28 bits per heavy atom. The number of carbonyl (C=O) groups is 2. The molecule has 0 radical (unpaired) electrons. The van der Waals surface area contributed by atoms with Crippen LogP contribution in [0.2, 0.25) is 0 Å². The minimum atomic E-state index is -0.924. The summed E-state index contributed by atoms with van der Waals surface area (Å²) in [6.07, 6.45) is 0.00220. The van der Waals surface area contributed by atoms with E-state index in [1.54, 1.807) is 6.92 Å². The fraction of sp³-hybridized carbons (Fsp3) is 0.385. The number of aliphatic carboxylic acids is 1. The number of halogens is 1. The van der Waals surface area contributed by atoms with E-state index >= 15 is 0 Å². The summed E-state index contributed by atoms with van der Waals surface area (Å²) in [7, 11) is 0. The maximum Gasteiger partial charge on any atom is 0.306 e. The van der Waals surface area contributed by atoms with Gasteiger partial charge < -0.3 is 9.84 Å². The minimum absolute atomic E-state index is 0.0829. The Hall–Kier alpha value is -1.36. The van der Waals surface area contributed by atoms with Gasteiger partial charge in [0.25, 0.3) is 0 Å². The zero-order valence-electron chi connectivity index (χ0n) is 10.1. The number of ether oxygens (including phenoxy) is 1. The summed E-state index contributed by atoms with van der Waals surface area (Å²) in [5.41, 5.74) is 0.827. The number of hydrogen-bond acceptors (Lipinski definition) is 3. The van der Waals surface area contributed by atoms with Crippen molar-refractivity contribution in [3.63, 3.8) is 0 Å². The van der Waals surface area contributed by atoms with Gasteiger partial charge in [-0.3, -0.25) is 9.59 Å². The van der Waals surface area contributed by atoms with Crippen molar-refractivity contribution in [3.8, 4) is 0 Å². The minimum Gasteiger partial charge on any atom is -0.481 e. The average molecular weight is 315 g/mol. The standard InChI is InChI=1S/C13H15BrO4/c1-2-18-13(17)8-10(7-12(15)16)9-3-5-11(14)6-4-9/h3-6,10H,2,7-8H2,1H3,(H,15,16)/t10-/m0/s1. The topological polar surface area (TPSA) is 63.6 Å². The number of carboxylic acid groups (broad SMARTS) is 1.